The topological polar surface area (TPSA) is 78.0 Å². The Balaban J connectivity index is 1.79. The molecule has 1 amide bonds. The van der Waals surface area contributed by atoms with E-state index in [0.29, 0.717) is 43.3 Å². The van der Waals surface area contributed by atoms with Crippen molar-refractivity contribution in [1.29, 1.82) is 0 Å². The summed E-state index contributed by atoms with van der Waals surface area (Å²) in [5.41, 5.74) is 1.21. The molecule has 1 aromatic rings. The lowest BCUT2D eigenvalue weighted by molar-refractivity contribution is -0.100. The summed E-state index contributed by atoms with van der Waals surface area (Å²) in [5, 5.41) is 0. The maximum Gasteiger partial charge on any atom is 0.339 e. The van der Waals surface area contributed by atoms with Crippen LogP contribution >= 0.6 is 0 Å². The fraction of sp³-hybridized carbons (Fsp3) is 0.611. The standard InChI is InChI=1S/C18H24N2O5/c1-3-23-17(22)13-7-8-14(19-12(13)2)16(21)20-9-5-4-6-15(20)18-24-10-11-25-18/h7-8,15,18H,3-6,9-11H2,1-2H3. The Bertz CT molecular complexity index is 642. The molecule has 2 fully saturated rings. The minimum Gasteiger partial charge on any atom is -0.462 e. The van der Waals surface area contributed by atoms with Gasteiger partial charge in [0, 0.05) is 6.54 Å². The van der Waals surface area contributed by atoms with E-state index in [1.807, 2.05) is 0 Å². The van der Waals surface area contributed by atoms with Crippen molar-refractivity contribution < 1.29 is 23.8 Å². The van der Waals surface area contributed by atoms with Gasteiger partial charge in [-0.1, -0.05) is 0 Å². The van der Waals surface area contributed by atoms with E-state index in [1.165, 1.54) is 0 Å². The van der Waals surface area contributed by atoms with E-state index in [4.69, 9.17) is 14.2 Å². The molecule has 2 aliphatic rings. The first-order valence-electron chi connectivity index (χ1n) is 8.80. The van der Waals surface area contributed by atoms with E-state index in [9.17, 15) is 9.59 Å². The van der Waals surface area contributed by atoms with Crippen molar-refractivity contribution in [2.24, 2.45) is 0 Å². The maximum atomic E-state index is 13.0. The van der Waals surface area contributed by atoms with Gasteiger partial charge >= 0.3 is 5.97 Å². The summed E-state index contributed by atoms with van der Waals surface area (Å²) < 4.78 is 16.2. The highest BCUT2D eigenvalue weighted by molar-refractivity contribution is 5.95. The summed E-state index contributed by atoms with van der Waals surface area (Å²) in [6.45, 7) is 5.55. The summed E-state index contributed by atoms with van der Waals surface area (Å²) in [5.74, 6) is -0.572. The Morgan fingerprint density at radius 2 is 2.04 bits per heavy atom. The van der Waals surface area contributed by atoms with Gasteiger partial charge in [0.05, 0.1) is 37.1 Å². The molecule has 1 atom stereocenters. The molecule has 3 rings (SSSR count). The SMILES string of the molecule is CCOC(=O)c1ccc(C(=O)N2CCCCC2C2OCCO2)nc1C. The first kappa shape index (κ1) is 17.8. The van der Waals surface area contributed by atoms with Gasteiger partial charge in [-0.3, -0.25) is 4.79 Å². The van der Waals surface area contributed by atoms with Gasteiger partial charge < -0.3 is 19.1 Å². The number of piperidine rings is 1. The van der Waals surface area contributed by atoms with Gasteiger partial charge in [0.15, 0.2) is 6.29 Å². The van der Waals surface area contributed by atoms with Crippen molar-refractivity contribution >= 4 is 11.9 Å². The average molecular weight is 348 g/mol. The fourth-order valence-electron chi connectivity index (χ4n) is 3.34. The maximum absolute atomic E-state index is 13.0. The van der Waals surface area contributed by atoms with Gasteiger partial charge in [0.1, 0.15) is 5.69 Å². The zero-order valence-corrected chi connectivity index (χ0v) is 14.7. The average Bonchev–Trinajstić information content (AvgIpc) is 3.15. The number of esters is 1. The molecular formula is C18H24N2O5. The van der Waals surface area contributed by atoms with E-state index in [0.717, 1.165) is 19.3 Å². The van der Waals surface area contributed by atoms with Crippen LogP contribution in [0.15, 0.2) is 12.1 Å². The van der Waals surface area contributed by atoms with Crippen molar-refractivity contribution in [2.75, 3.05) is 26.4 Å². The summed E-state index contributed by atoms with van der Waals surface area (Å²) in [7, 11) is 0. The molecule has 0 saturated carbocycles. The van der Waals surface area contributed by atoms with Crippen LogP contribution in [-0.4, -0.2) is 60.5 Å². The molecule has 0 spiro atoms. The number of nitrogens with zero attached hydrogens (tertiary/aromatic N) is 2. The number of amides is 1. The minimum absolute atomic E-state index is 0.0874. The highest BCUT2D eigenvalue weighted by Crippen LogP contribution is 2.26. The normalized spacial score (nSPS) is 21.4. The number of aromatic nitrogens is 1. The molecule has 1 aromatic heterocycles. The molecule has 1 unspecified atom stereocenters. The second kappa shape index (κ2) is 7.93. The third-order valence-electron chi connectivity index (χ3n) is 4.57. The number of likely N-dealkylation sites (tertiary alicyclic amines) is 1. The Labute approximate surface area is 147 Å². The zero-order chi connectivity index (χ0) is 17.8. The lowest BCUT2D eigenvalue weighted by Crippen LogP contribution is -2.50. The van der Waals surface area contributed by atoms with Gasteiger partial charge in [-0.15, -0.1) is 0 Å². The van der Waals surface area contributed by atoms with Crippen molar-refractivity contribution in [3.63, 3.8) is 0 Å². The highest BCUT2D eigenvalue weighted by Gasteiger charge is 2.37. The van der Waals surface area contributed by atoms with Crippen LogP contribution in [0.5, 0.6) is 0 Å². The van der Waals surface area contributed by atoms with E-state index in [-0.39, 0.29) is 18.2 Å². The van der Waals surface area contributed by atoms with E-state index in [2.05, 4.69) is 4.98 Å². The van der Waals surface area contributed by atoms with Crippen LogP contribution in [0.25, 0.3) is 0 Å². The summed E-state index contributed by atoms with van der Waals surface area (Å²) in [6, 6.07) is 3.11. The smallest absolute Gasteiger partial charge is 0.339 e. The lowest BCUT2D eigenvalue weighted by Gasteiger charge is -2.37. The number of hydrogen-bond acceptors (Lipinski definition) is 6. The van der Waals surface area contributed by atoms with Crippen molar-refractivity contribution in [3.8, 4) is 0 Å². The molecule has 0 aromatic carbocycles. The molecule has 7 nitrogen and oxygen atoms in total. The number of carbonyl (C=O) groups excluding carboxylic acids is 2. The van der Waals surface area contributed by atoms with Crippen LogP contribution < -0.4 is 0 Å². The number of pyridine rings is 1. The van der Waals surface area contributed by atoms with Crippen LogP contribution in [0.4, 0.5) is 0 Å². The molecule has 0 N–H and O–H groups in total. The zero-order valence-electron chi connectivity index (χ0n) is 14.7. The van der Waals surface area contributed by atoms with Gasteiger partial charge in [0.25, 0.3) is 5.91 Å². The largest absolute Gasteiger partial charge is 0.462 e. The van der Waals surface area contributed by atoms with E-state index in [1.54, 1.807) is 30.9 Å². The van der Waals surface area contributed by atoms with Crippen LogP contribution in [0, 0.1) is 6.92 Å². The number of hydrogen-bond donors (Lipinski definition) is 0. The predicted octanol–water partition coefficient (Wildman–Crippen LogP) is 1.93. The molecule has 0 aliphatic carbocycles. The van der Waals surface area contributed by atoms with Gasteiger partial charge in [-0.2, -0.15) is 0 Å². The quantitative estimate of drug-likeness (QED) is 0.774. The highest BCUT2D eigenvalue weighted by atomic mass is 16.7. The summed E-state index contributed by atoms with van der Waals surface area (Å²) in [4.78, 5) is 31.0. The Morgan fingerprint density at radius 1 is 1.28 bits per heavy atom. The number of carbonyl (C=O) groups is 2. The van der Waals surface area contributed by atoms with Gasteiger partial charge in [-0.25, -0.2) is 9.78 Å². The molecule has 2 aliphatic heterocycles. The van der Waals surface area contributed by atoms with Gasteiger partial charge in [0.2, 0.25) is 0 Å². The number of rotatable bonds is 4. The molecule has 3 heterocycles. The minimum atomic E-state index is -0.421. The molecule has 0 radical (unpaired) electrons. The second-order valence-corrected chi connectivity index (χ2v) is 6.22. The summed E-state index contributed by atoms with van der Waals surface area (Å²) >= 11 is 0. The van der Waals surface area contributed by atoms with E-state index < -0.39 is 5.97 Å². The molecule has 0 bridgehead atoms. The third-order valence-corrected chi connectivity index (χ3v) is 4.57. The first-order valence-corrected chi connectivity index (χ1v) is 8.80. The summed E-state index contributed by atoms with van der Waals surface area (Å²) in [6.07, 6.45) is 2.50. The van der Waals surface area contributed by atoms with Crippen LogP contribution in [0.2, 0.25) is 0 Å². The van der Waals surface area contributed by atoms with Crippen molar-refractivity contribution in [1.82, 2.24) is 9.88 Å². The molecule has 7 heteroatoms. The molecular weight excluding hydrogens is 324 g/mol. The van der Waals surface area contributed by atoms with Crippen LogP contribution in [0.3, 0.4) is 0 Å². The van der Waals surface area contributed by atoms with Crippen molar-refractivity contribution in [3.05, 3.63) is 29.1 Å². The Kier molecular flexibility index (Phi) is 5.65. The monoisotopic (exact) mass is 348 g/mol. The third kappa shape index (κ3) is 3.82. The second-order valence-electron chi connectivity index (χ2n) is 6.22. The predicted molar refractivity (Wildman–Crippen MR) is 89.3 cm³/mol. The van der Waals surface area contributed by atoms with Gasteiger partial charge in [-0.05, 0) is 45.2 Å². The molecule has 25 heavy (non-hydrogen) atoms. The number of aryl methyl sites for hydroxylation is 1. The van der Waals surface area contributed by atoms with Crippen LogP contribution in [-0.2, 0) is 14.2 Å². The number of ether oxygens (including phenoxy) is 3. The van der Waals surface area contributed by atoms with Crippen LogP contribution in [0.1, 0.15) is 52.7 Å². The molecule has 136 valence electrons. The fourth-order valence-corrected chi connectivity index (χ4v) is 3.34. The van der Waals surface area contributed by atoms with Crippen molar-refractivity contribution in [2.45, 2.75) is 45.4 Å². The Hall–Kier alpha value is -1.99. The Morgan fingerprint density at radius 3 is 2.72 bits per heavy atom. The molecule has 2 saturated heterocycles. The van der Waals surface area contributed by atoms with E-state index >= 15 is 0 Å². The first-order chi connectivity index (χ1) is 12.1. The lowest BCUT2D eigenvalue weighted by atomic mass is 10.0.